The number of nitrogens with one attached hydrogen (secondary N) is 2. The maximum absolute atomic E-state index is 13.0. The monoisotopic (exact) mass is 457 g/mol. The minimum atomic E-state index is -4.10. The van der Waals surface area contributed by atoms with E-state index in [0.717, 1.165) is 0 Å². The van der Waals surface area contributed by atoms with Gasteiger partial charge in [-0.15, -0.1) is 0 Å². The van der Waals surface area contributed by atoms with Gasteiger partial charge in [-0.05, 0) is 51.4 Å². The first-order chi connectivity index (χ1) is 15.1. The van der Waals surface area contributed by atoms with Gasteiger partial charge in [0, 0.05) is 25.7 Å². The fourth-order valence-electron chi connectivity index (χ4n) is 3.18. The molecule has 1 heterocycles. The van der Waals surface area contributed by atoms with E-state index >= 15 is 0 Å². The highest BCUT2D eigenvalue weighted by Gasteiger charge is 2.23. The number of aromatic nitrogens is 2. The van der Waals surface area contributed by atoms with E-state index in [2.05, 4.69) is 10.0 Å². The number of hydrogen-bond donors (Lipinski definition) is 2. The van der Waals surface area contributed by atoms with Crippen LogP contribution in [0.2, 0.25) is 0 Å². The van der Waals surface area contributed by atoms with Crippen LogP contribution in [0, 0.1) is 6.92 Å². The predicted molar refractivity (Wildman–Crippen MR) is 124 cm³/mol. The highest BCUT2D eigenvalue weighted by atomic mass is 32.2. The number of amides is 1. The van der Waals surface area contributed by atoms with E-state index in [1.807, 2.05) is 25.1 Å². The Hall–Kier alpha value is -3.37. The molecule has 3 rings (SSSR count). The van der Waals surface area contributed by atoms with Crippen molar-refractivity contribution >= 4 is 21.6 Å². The number of likely N-dealkylation sites (N-methyl/N-ethyl adjacent to an activating group) is 1. The zero-order valence-corrected chi connectivity index (χ0v) is 19.3. The van der Waals surface area contributed by atoms with Crippen molar-refractivity contribution in [2.45, 2.75) is 11.8 Å². The summed E-state index contributed by atoms with van der Waals surface area (Å²) in [6.45, 7) is 2.75. The molecule has 0 bridgehead atoms. The number of para-hydroxylation sites is 1. The maximum Gasteiger partial charge on any atom is 0.296 e. The summed E-state index contributed by atoms with van der Waals surface area (Å²) in [6.07, 6.45) is 0. The van der Waals surface area contributed by atoms with Crippen molar-refractivity contribution in [3.63, 3.8) is 0 Å². The van der Waals surface area contributed by atoms with Crippen LogP contribution in [0.4, 0.5) is 5.69 Å². The SMILES string of the molecule is Cc1c(NS(=O)(=O)c2cccc(C(=O)NCCN(C)C)c2)c(=O)n(-c2ccccc2)n1C. The Balaban J connectivity index is 1.89. The van der Waals surface area contributed by atoms with Gasteiger partial charge in [-0.1, -0.05) is 24.3 Å². The summed E-state index contributed by atoms with van der Waals surface area (Å²) in [6, 6.07) is 14.7. The van der Waals surface area contributed by atoms with Crippen LogP contribution in [0.1, 0.15) is 16.1 Å². The number of hydrogen-bond acceptors (Lipinski definition) is 5. The Kier molecular flexibility index (Phi) is 6.85. The van der Waals surface area contributed by atoms with Crippen molar-refractivity contribution in [3.05, 3.63) is 76.2 Å². The van der Waals surface area contributed by atoms with E-state index in [1.165, 1.54) is 22.9 Å². The summed E-state index contributed by atoms with van der Waals surface area (Å²) in [5.74, 6) is -0.369. The van der Waals surface area contributed by atoms with Gasteiger partial charge in [0.15, 0.2) is 0 Å². The van der Waals surface area contributed by atoms with Crippen LogP contribution < -0.4 is 15.6 Å². The van der Waals surface area contributed by atoms with Crippen molar-refractivity contribution in [2.75, 3.05) is 31.9 Å². The molecule has 0 radical (unpaired) electrons. The fourth-order valence-corrected chi connectivity index (χ4v) is 4.34. The maximum atomic E-state index is 13.0. The molecule has 2 aromatic carbocycles. The molecule has 0 atom stereocenters. The Morgan fingerprint density at radius 1 is 1.06 bits per heavy atom. The van der Waals surface area contributed by atoms with Gasteiger partial charge in [-0.25, -0.2) is 13.1 Å². The summed E-state index contributed by atoms with van der Waals surface area (Å²) >= 11 is 0. The number of rotatable bonds is 8. The second kappa shape index (κ2) is 9.41. The zero-order chi connectivity index (χ0) is 23.5. The minimum absolute atomic E-state index is 0.0443. The predicted octanol–water partition coefficient (Wildman–Crippen LogP) is 1.58. The zero-order valence-electron chi connectivity index (χ0n) is 18.5. The van der Waals surface area contributed by atoms with Crippen LogP contribution in [-0.4, -0.2) is 55.8 Å². The normalized spacial score (nSPS) is 11.5. The van der Waals surface area contributed by atoms with Gasteiger partial charge in [0.2, 0.25) is 0 Å². The molecule has 0 aliphatic heterocycles. The van der Waals surface area contributed by atoms with Crippen LogP contribution in [0.15, 0.2) is 64.3 Å². The molecule has 2 N–H and O–H groups in total. The van der Waals surface area contributed by atoms with Crippen molar-refractivity contribution < 1.29 is 13.2 Å². The molecular weight excluding hydrogens is 430 g/mol. The van der Waals surface area contributed by atoms with E-state index in [1.54, 1.807) is 49.0 Å². The third-order valence-electron chi connectivity index (χ3n) is 5.04. The van der Waals surface area contributed by atoms with E-state index in [0.29, 0.717) is 24.5 Å². The Bertz CT molecular complexity index is 1280. The number of carbonyl (C=O) groups excluding carboxylic acids is 1. The molecule has 10 heteroatoms. The van der Waals surface area contributed by atoms with Crippen molar-refractivity contribution in [3.8, 4) is 5.69 Å². The van der Waals surface area contributed by atoms with Crippen LogP contribution in [0.25, 0.3) is 5.69 Å². The quantitative estimate of drug-likeness (QED) is 0.534. The van der Waals surface area contributed by atoms with E-state index < -0.39 is 15.6 Å². The highest BCUT2D eigenvalue weighted by molar-refractivity contribution is 7.92. The molecule has 1 aromatic heterocycles. The van der Waals surface area contributed by atoms with Gasteiger partial charge < -0.3 is 10.2 Å². The summed E-state index contributed by atoms with van der Waals surface area (Å²) in [5.41, 5.74) is 0.762. The van der Waals surface area contributed by atoms with Gasteiger partial charge in [0.25, 0.3) is 21.5 Å². The lowest BCUT2D eigenvalue weighted by molar-refractivity contribution is 0.0951. The fraction of sp³-hybridized carbons (Fsp3) is 0.273. The van der Waals surface area contributed by atoms with E-state index in [9.17, 15) is 18.0 Å². The average Bonchev–Trinajstić information content (AvgIpc) is 2.97. The Morgan fingerprint density at radius 2 is 1.75 bits per heavy atom. The number of anilines is 1. The van der Waals surface area contributed by atoms with Gasteiger partial charge in [0.05, 0.1) is 16.3 Å². The molecule has 170 valence electrons. The molecule has 0 unspecified atom stereocenters. The van der Waals surface area contributed by atoms with E-state index in [4.69, 9.17) is 0 Å². The lowest BCUT2D eigenvalue weighted by atomic mass is 10.2. The minimum Gasteiger partial charge on any atom is -0.351 e. The molecule has 0 fully saturated rings. The van der Waals surface area contributed by atoms with Gasteiger partial charge in [-0.2, -0.15) is 0 Å². The molecule has 9 nitrogen and oxygen atoms in total. The first kappa shape index (κ1) is 23.3. The number of benzene rings is 2. The number of sulfonamides is 1. The lowest BCUT2D eigenvalue weighted by Gasteiger charge is -2.11. The Morgan fingerprint density at radius 3 is 2.41 bits per heavy atom. The smallest absolute Gasteiger partial charge is 0.296 e. The second-order valence-electron chi connectivity index (χ2n) is 7.63. The average molecular weight is 458 g/mol. The lowest BCUT2D eigenvalue weighted by Crippen LogP contribution is -2.31. The third kappa shape index (κ3) is 4.92. The molecule has 32 heavy (non-hydrogen) atoms. The van der Waals surface area contributed by atoms with Crippen molar-refractivity contribution in [2.24, 2.45) is 7.05 Å². The molecular formula is C22H27N5O4S. The molecule has 0 saturated carbocycles. The standard InChI is InChI=1S/C22H27N5O4S/c1-16-20(22(29)27(26(16)4)18-10-6-5-7-11-18)24-32(30,31)19-12-8-9-17(15-19)21(28)23-13-14-25(2)3/h5-12,15,24H,13-14H2,1-4H3,(H,23,28). The van der Waals surface area contributed by atoms with Crippen LogP contribution in [-0.2, 0) is 17.1 Å². The number of carbonyl (C=O) groups is 1. The molecule has 3 aromatic rings. The summed E-state index contributed by atoms with van der Waals surface area (Å²) < 4.78 is 31.5. The number of nitrogens with zero attached hydrogens (tertiary/aromatic N) is 3. The van der Waals surface area contributed by atoms with E-state index in [-0.39, 0.29) is 22.1 Å². The van der Waals surface area contributed by atoms with Crippen LogP contribution in [0.5, 0.6) is 0 Å². The first-order valence-corrected chi connectivity index (χ1v) is 11.5. The summed E-state index contributed by atoms with van der Waals surface area (Å²) in [5, 5.41) is 2.75. The molecule has 0 spiro atoms. The second-order valence-corrected chi connectivity index (χ2v) is 9.31. The third-order valence-corrected chi connectivity index (χ3v) is 6.39. The highest BCUT2D eigenvalue weighted by Crippen LogP contribution is 2.19. The summed E-state index contributed by atoms with van der Waals surface area (Å²) in [4.78, 5) is 27.2. The largest absolute Gasteiger partial charge is 0.351 e. The van der Waals surface area contributed by atoms with Crippen molar-refractivity contribution in [1.29, 1.82) is 0 Å². The van der Waals surface area contributed by atoms with Crippen LogP contribution >= 0.6 is 0 Å². The Labute approximate surface area is 187 Å². The molecule has 0 aliphatic carbocycles. The summed E-state index contributed by atoms with van der Waals surface area (Å²) in [7, 11) is 1.36. The topological polar surface area (TPSA) is 105 Å². The molecule has 0 aliphatic rings. The molecule has 1 amide bonds. The van der Waals surface area contributed by atoms with Gasteiger partial charge >= 0.3 is 0 Å². The van der Waals surface area contributed by atoms with Crippen molar-refractivity contribution in [1.82, 2.24) is 19.6 Å². The van der Waals surface area contributed by atoms with Crippen LogP contribution in [0.3, 0.4) is 0 Å². The van der Waals surface area contributed by atoms with Gasteiger partial charge in [-0.3, -0.25) is 19.0 Å². The van der Waals surface area contributed by atoms with Gasteiger partial charge in [0.1, 0.15) is 5.69 Å². The molecule has 0 saturated heterocycles. The first-order valence-electron chi connectivity index (χ1n) is 10.0.